The summed E-state index contributed by atoms with van der Waals surface area (Å²) in [7, 11) is 0. The number of fused-ring (bicyclic) bond motifs is 1. The Morgan fingerprint density at radius 3 is 2.67 bits per heavy atom. The van der Waals surface area contributed by atoms with E-state index < -0.39 is 11.6 Å². The number of aryl methyl sites for hydroxylation is 1. The highest BCUT2D eigenvalue weighted by Gasteiger charge is 2.24. The van der Waals surface area contributed by atoms with E-state index in [0.717, 1.165) is 41.6 Å². The number of thioether (sulfide) groups is 1. The van der Waals surface area contributed by atoms with E-state index >= 15 is 0 Å². The second kappa shape index (κ2) is 5.56. The van der Waals surface area contributed by atoms with Crippen LogP contribution in [0.2, 0.25) is 0 Å². The molecule has 1 aliphatic heterocycles. The molecule has 2 aromatic carbocycles. The number of rotatable bonds is 3. The summed E-state index contributed by atoms with van der Waals surface area (Å²) in [5.41, 5.74) is 7.83. The van der Waals surface area contributed by atoms with Crippen LogP contribution in [-0.4, -0.2) is 11.9 Å². The molecule has 0 saturated heterocycles. The van der Waals surface area contributed by atoms with Gasteiger partial charge in [-0.05, 0) is 30.7 Å². The predicted octanol–water partition coefficient (Wildman–Crippen LogP) is 3.95. The largest absolute Gasteiger partial charge is 0.489 e. The average molecular weight is 307 g/mol. The van der Waals surface area contributed by atoms with Crippen molar-refractivity contribution in [2.75, 3.05) is 11.5 Å². The van der Waals surface area contributed by atoms with Crippen molar-refractivity contribution in [2.45, 2.75) is 24.3 Å². The van der Waals surface area contributed by atoms with Crippen LogP contribution in [0.25, 0.3) is 0 Å². The van der Waals surface area contributed by atoms with Gasteiger partial charge in [-0.1, -0.05) is 17.7 Å². The Balaban J connectivity index is 1.68. The van der Waals surface area contributed by atoms with Crippen LogP contribution >= 0.6 is 11.8 Å². The van der Waals surface area contributed by atoms with Gasteiger partial charge in [-0.25, -0.2) is 8.78 Å². The first kappa shape index (κ1) is 14.2. The number of nitrogen functional groups attached to an aromatic ring is 1. The molecule has 0 aliphatic carbocycles. The van der Waals surface area contributed by atoms with Gasteiger partial charge in [0.1, 0.15) is 23.5 Å². The molecule has 21 heavy (non-hydrogen) atoms. The number of halogens is 2. The fourth-order valence-corrected chi connectivity index (χ4v) is 3.37. The first-order valence-corrected chi connectivity index (χ1v) is 7.65. The number of hydrogen-bond donors (Lipinski definition) is 1. The van der Waals surface area contributed by atoms with Gasteiger partial charge in [0.15, 0.2) is 0 Å². The van der Waals surface area contributed by atoms with Crippen LogP contribution < -0.4 is 10.5 Å². The smallest absolute Gasteiger partial charge is 0.141 e. The Kier molecular flexibility index (Phi) is 3.76. The lowest BCUT2D eigenvalue weighted by Gasteiger charge is -2.11. The van der Waals surface area contributed by atoms with E-state index in [1.807, 2.05) is 19.1 Å². The normalized spacial score (nSPS) is 16.6. The van der Waals surface area contributed by atoms with Crippen molar-refractivity contribution in [3.05, 3.63) is 53.1 Å². The standard InChI is InChI=1S/C16H15F2NOS/c1-9-2-3-15-10(4-9)5-12(20-15)8-21-16-13(17)6-11(19)7-14(16)18/h2-4,6-7,12H,5,8,19H2,1H3. The first-order chi connectivity index (χ1) is 10.0. The van der Waals surface area contributed by atoms with Crippen LogP contribution in [0.4, 0.5) is 14.5 Å². The summed E-state index contributed by atoms with van der Waals surface area (Å²) in [6.07, 6.45) is 0.700. The summed E-state index contributed by atoms with van der Waals surface area (Å²) in [4.78, 5) is -0.0000586. The van der Waals surface area contributed by atoms with Crippen LogP contribution in [0.15, 0.2) is 35.2 Å². The van der Waals surface area contributed by atoms with Crippen molar-refractivity contribution in [1.29, 1.82) is 0 Å². The van der Waals surface area contributed by atoms with Crippen LogP contribution in [0, 0.1) is 18.6 Å². The highest BCUT2D eigenvalue weighted by atomic mass is 32.2. The maximum atomic E-state index is 13.7. The van der Waals surface area contributed by atoms with E-state index in [1.165, 1.54) is 5.56 Å². The highest BCUT2D eigenvalue weighted by molar-refractivity contribution is 7.99. The fraction of sp³-hybridized carbons (Fsp3) is 0.250. The van der Waals surface area contributed by atoms with Crippen LogP contribution in [-0.2, 0) is 6.42 Å². The van der Waals surface area contributed by atoms with Gasteiger partial charge in [-0.2, -0.15) is 0 Å². The van der Waals surface area contributed by atoms with Crippen molar-refractivity contribution >= 4 is 17.4 Å². The highest BCUT2D eigenvalue weighted by Crippen LogP contribution is 2.34. The van der Waals surface area contributed by atoms with Gasteiger partial charge < -0.3 is 10.5 Å². The topological polar surface area (TPSA) is 35.2 Å². The Morgan fingerprint density at radius 2 is 1.95 bits per heavy atom. The minimum Gasteiger partial charge on any atom is -0.489 e. The van der Waals surface area contributed by atoms with Crippen molar-refractivity contribution in [3.63, 3.8) is 0 Å². The Labute approximate surface area is 126 Å². The third-order valence-electron chi connectivity index (χ3n) is 3.39. The maximum Gasteiger partial charge on any atom is 0.141 e. The van der Waals surface area contributed by atoms with E-state index in [-0.39, 0.29) is 16.7 Å². The quantitative estimate of drug-likeness (QED) is 0.689. The monoisotopic (exact) mass is 307 g/mol. The number of benzene rings is 2. The minimum atomic E-state index is -0.621. The molecule has 5 heteroatoms. The molecular formula is C16H15F2NOS. The maximum absolute atomic E-state index is 13.7. The molecule has 2 N–H and O–H groups in total. The molecular weight excluding hydrogens is 292 g/mol. The molecule has 1 atom stereocenters. The molecule has 2 aromatic rings. The molecule has 0 spiro atoms. The molecule has 2 nitrogen and oxygen atoms in total. The second-order valence-electron chi connectivity index (χ2n) is 5.18. The van der Waals surface area contributed by atoms with E-state index in [4.69, 9.17) is 10.5 Å². The SMILES string of the molecule is Cc1ccc2c(c1)CC(CSc1c(F)cc(N)cc1F)O2. The molecule has 1 heterocycles. The zero-order valence-electron chi connectivity index (χ0n) is 11.5. The lowest BCUT2D eigenvalue weighted by Crippen LogP contribution is -2.16. The number of hydrogen-bond acceptors (Lipinski definition) is 3. The zero-order valence-corrected chi connectivity index (χ0v) is 12.3. The van der Waals surface area contributed by atoms with Crippen molar-refractivity contribution < 1.29 is 13.5 Å². The summed E-state index contributed by atoms with van der Waals surface area (Å²) in [5.74, 6) is 0.114. The average Bonchev–Trinajstić information content (AvgIpc) is 2.79. The summed E-state index contributed by atoms with van der Waals surface area (Å²) in [5, 5.41) is 0. The second-order valence-corrected chi connectivity index (χ2v) is 6.21. The van der Waals surface area contributed by atoms with Crippen molar-refractivity contribution in [1.82, 2.24) is 0 Å². The molecule has 0 saturated carbocycles. The van der Waals surface area contributed by atoms with Gasteiger partial charge in [0.25, 0.3) is 0 Å². The van der Waals surface area contributed by atoms with Gasteiger partial charge in [-0.3, -0.25) is 0 Å². The molecule has 1 aliphatic rings. The minimum absolute atomic E-state index is 0.0000586. The Morgan fingerprint density at radius 1 is 1.24 bits per heavy atom. The Hall–Kier alpha value is -1.75. The van der Waals surface area contributed by atoms with E-state index in [9.17, 15) is 8.78 Å². The van der Waals surface area contributed by atoms with Crippen molar-refractivity contribution in [3.8, 4) is 5.75 Å². The Bertz CT molecular complexity index is 667. The fourth-order valence-electron chi connectivity index (χ4n) is 2.44. The third-order valence-corrected chi connectivity index (χ3v) is 4.61. The van der Waals surface area contributed by atoms with Crippen LogP contribution in [0.3, 0.4) is 0 Å². The number of nitrogens with two attached hydrogens (primary N) is 1. The van der Waals surface area contributed by atoms with Crippen molar-refractivity contribution in [2.24, 2.45) is 0 Å². The molecule has 0 bridgehead atoms. The van der Waals surface area contributed by atoms with Crippen LogP contribution in [0.1, 0.15) is 11.1 Å². The zero-order chi connectivity index (χ0) is 15.0. The molecule has 1 unspecified atom stereocenters. The predicted molar refractivity (Wildman–Crippen MR) is 80.8 cm³/mol. The van der Waals surface area contributed by atoms with E-state index in [0.29, 0.717) is 5.75 Å². The summed E-state index contributed by atoms with van der Waals surface area (Å²) in [6.45, 7) is 2.03. The number of anilines is 1. The molecule has 0 amide bonds. The molecule has 3 rings (SSSR count). The van der Waals surface area contributed by atoms with Gasteiger partial charge in [0.05, 0.1) is 4.90 Å². The molecule has 0 aromatic heterocycles. The lowest BCUT2D eigenvalue weighted by molar-refractivity contribution is 0.259. The molecule has 0 fully saturated rings. The number of ether oxygens (including phenoxy) is 1. The summed E-state index contributed by atoms with van der Waals surface area (Å²) in [6, 6.07) is 8.30. The third kappa shape index (κ3) is 2.97. The molecule has 110 valence electrons. The van der Waals surface area contributed by atoms with Crippen LogP contribution in [0.5, 0.6) is 5.75 Å². The van der Waals surface area contributed by atoms with E-state index in [1.54, 1.807) is 0 Å². The molecule has 0 radical (unpaired) electrons. The summed E-state index contributed by atoms with van der Waals surface area (Å²) < 4.78 is 33.2. The van der Waals surface area contributed by atoms with E-state index in [2.05, 4.69) is 6.07 Å². The van der Waals surface area contributed by atoms with Gasteiger partial charge in [0, 0.05) is 17.9 Å². The van der Waals surface area contributed by atoms with Gasteiger partial charge in [0.2, 0.25) is 0 Å². The lowest BCUT2D eigenvalue weighted by atomic mass is 10.1. The first-order valence-electron chi connectivity index (χ1n) is 6.66. The van der Waals surface area contributed by atoms with Gasteiger partial charge in [-0.15, -0.1) is 11.8 Å². The van der Waals surface area contributed by atoms with Gasteiger partial charge >= 0.3 is 0 Å². The summed E-state index contributed by atoms with van der Waals surface area (Å²) >= 11 is 1.12.